The Kier molecular flexibility index (Phi) is 6.39. The van der Waals surface area contributed by atoms with Gasteiger partial charge < -0.3 is 10.4 Å². The molecule has 2 aliphatic rings. The van der Waals surface area contributed by atoms with E-state index in [0.29, 0.717) is 11.6 Å². The molecule has 6 heteroatoms. The summed E-state index contributed by atoms with van der Waals surface area (Å²) in [6.45, 7) is 0. The fourth-order valence-electron chi connectivity index (χ4n) is 4.99. The van der Waals surface area contributed by atoms with E-state index in [4.69, 9.17) is 5.11 Å². The molecular weight excluding hydrogens is 450 g/mol. The number of hydrogen-bond acceptors (Lipinski definition) is 4. The summed E-state index contributed by atoms with van der Waals surface area (Å²) in [5, 5.41) is 22.1. The van der Waals surface area contributed by atoms with Crippen LogP contribution in [-0.2, 0) is 10.3 Å². The average molecular weight is 478 g/mol. The highest BCUT2D eigenvalue weighted by Crippen LogP contribution is 2.40. The van der Waals surface area contributed by atoms with Gasteiger partial charge in [0.1, 0.15) is 11.6 Å². The molecule has 2 aliphatic carbocycles. The number of nitrogens with zero attached hydrogens (tertiary/aromatic N) is 2. The number of aromatic nitrogens is 1. The van der Waals surface area contributed by atoms with Crippen LogP contribution in [0.15, 0.2) is 72.3 Å². The standard InChI is InChI=1S/C30H27N3O3/c31-19-24(18-26-4-3-5-27(32-26)22-8-9-22)28(34)33-30(16-1-2-17-30)25-14-12-21(13-15-25)20-6-10-23(11-7-20)29(35)36/h3-7,10-15,18,22H,1-2,8-9,16-17H2,(H,33,34)(H,35,36). The van der Waals surface area contributed by atoms with Gasteiger partial charge in [0.25, 0.3) is 5.91 Å². The zero-order valence-electron chi connectivity index (χ0n) is 19.9. The van der Waals surface area contributed by atoms with Crippen molar-refractivity contribution in [2.75, 3.05) is 0 Å². The smallest absolute Gasteiger partial charge is 0.335 e. The van der Waals surface area contributed by atoms with E-state index in [9.17, 15) is 14.9 Å². The fourth-order valence-corrected chi connectivity index (χ4v) is 4.99. The van der Waals surface area contributed by atoms with Crippen LogP contribution in [0.25, 0.3) is 17.2 Å². The van der Waals surface area contributed by atoms with Crippen molar-refractivity contribution in [3.8, 4) is 17.2 Å². The average Bonchev–Trinajstić information content (AvgIpc) is 3.66. The van der Waals surface area contributed by atoms with E-state index in [1.165, 1.54) is 0 Å². The third-order valence-electron chi connectivity index (χ3n) is 7.16. The number of hydrogen-bond donors (Lipinski definition) is 2. The van der Waals surface area contributed by atoms with Crippen LogP contribution in [0.4, 0.5) is 0 Å². The largest absolute Gasteiger partial charge is 0.478 e. The number of nitriles is 1. The van der Waals surface area contributed by atoms with Crippen LogP contribution in [0.3, 0.4) is 0 Å². The first-order valence-corrected chi connectivity index (χ1v) is 12.3. The summed E-state index contributed by atoms with van der Waals surface area (Å²) in [4.78, 5) is 29.0. The van der Waals surface area contributed by atoms with Gasteiger partial charge in [-0.25, -0.2) is 4.79 Å². The zero-order valence-corrected chi connectivity index (χ0v) is 19.9. The van der Waals surface area contributed by atoms with Crippen molar-refractivity contribution in [1.29, 1.82) is 5.26 Å². The molecule has 3 aromatic rings. The van der Waals surface area contributed by atoms with Crippen LogP contribution in [0.2, 0.25) is 0 Å². The molecule has 36 heavy (non-hydrogen) atoms. The predicted molar refractivity (Wildman–Crippen MR) is 137 cm³/mol. The molecule has 2 saturated carbocycles. The third-order valence-corrected chi connectivity index (χ3v) is 7.16. The maximum Gasteiger partial charge on any atom is 0.335 e. The van der Waals surface area contributed by atoms with Crippen molar-refractivity contribution in [2.45, 2.75) is 50.0 Å². The minimum absolute atomic E-state index is 0.0527. The molecule has 0 saturated heterocycles. The van der Waals surface area contributed by atoms with E-state index >= 15 is 0 Å². The molecule has 2 aromatic carbocycles. The Bertz CT molecular complexity index is 1360. The summed E-state index contributed by atoms with van der Waals surface area (Å²) < 4.78 is 0. The Labute approximate surface area is 210 Å². The minimum atomic E-state index is -0.951. The zero-order chi connectivity index (χ0) is 25.1. The molecule has 2 N–H and O–H groups in total. The Morgan fingerprint density at radius 1 is 0.972 bits per heavy atom. The van der Waals surface area contributed by atoms with Crippen LogP contribution in [-0.4, -0.2) is 22.0 Å². The van der Waals surface area contributed by atoms with Crippen molar-refractivity contribution < 1.29 is 14.7 Å². The van der Waals surface area contributed by atoms with Gasteiger partial charge in [0.15, 0.2) is 0 Å². The molecule has 1 aromatic heterocycles. The number of carboxylic acids is 1. The van der Waals surface area contributed by atoms with Gasteiger partial charge in [0.05, 0.1) is 16.8 Å². The molecule has 0 atom stereocenters. The van der Waals surface area contributed by atoms with Crippen LogP contribution in [0.5, 0.6) is 0 Å². The first kappa shape index (κ1) is 23.5. The first-order chi connectivity index (χ1) is 17.5. The van der Waals surface area contributed by atoms with Crippen LogP contribution >= 0.6 is 0 Å². The number of carbonyl (C=O) groups excluding carboxylic acids is 1. The molecule has 0 aliphatic heterocycles. The quantitative estimate of drug-likeness (QED) is 0.330. The van der Waals surface area contributed by atoms with Crippen molar-refractivity contribution in [2.24, 2.45) is 0 Å². The lowest BCUT2D eigenvalue weighted by atomic mass is 9.86. The number of rotatable bonds is 7. The van der Waals surface area contributed by atoms with Gasteiger partial charge in [0, 0.05) is 11.6 Å². The van der Waals surface area contributed by atoms with Crippen molar-refractivity contribution in [3.05, 3.63) is 94.8 Å². The maximum absolute atomic E-state index is 13.2. The predicted octanol–water partition coefficient (Wildman–Crippen LogP) is 5.82. The van der Waals surface area contributed by atoms with E-state index in [0.717, 1.165) is 60.9 Å². The Morgan fingerprint density at radius 2 is 1.61 bits per heavy atom. The van der Waals surface area contributed by atoms with Crippen LogP contribution < -0.4 is 5.32 Å². The first-order valence-electron chi connectivity index (χ1n) is 12.3. The number of nitrogens with one attached hydrogen (secondary N) is 1. The molecule has 180 valence electrons. The number of carboxylic acid groups (broad SMARTS) is 1. The minimum Gasteiger partial charge on any atom is -0.478 e. The van der Waals surface area contributed by atoms with Crippen LogP contribution in [0.1, 0.15) is 71.8 Å². The summed E-state index contributed by atoms with van der Waals surface area (Å²) in [5.41, 5.74) is 4.32. The molecule has 2 fully saturated rings. The van der Waals surface area contributed by atoms with Gasteiger partial charge in [-0.05, 0) is 72.7 Å². The van der Waals surface area contributed by atoms with Gasteiger partial charge in [-0.15, -0.1) is 0 Å². The van der Waals surface area contributed by atoms with Gasteiger partial charge in [0.2, 0.25) is 0 Å². The lowest BCUT2D eigenvalue weighted by Gasteiger charge is -2.31. The summed E-state index contributed by atoms with van der Waals surface area (Å²) in [6, 6.07) is 22.6. The van der Waals surface area contributed by atoms with Crippen molar-refractivity contribution >= 4 is 18.0 Å². The summed E-state index contributed by atoms with van der Waals surface area (Å²) in [7, 11) is 0. The maximum atomic E-state index is 13.2. The topological polar surface area (TPSA) is 103 Å². The molecule has 0 radical (unpaired) electrons. The van der Waals surface area contributed by atoms with Crippen molar-refractivity contribution in [1.82, 2.24) is 10.3 Å². The third kappa shape index (κ3) is 4.92. The number of benzene rings is 2. The van der Waals surface area contributed by atoms with Gasteiger partial charge >= 0.3 is 5.97 Å². The van der Waals surface area contributed by atoms with Crippen LogP contribution in [0, 0.1) is 11.3 Å². The van der Waals surface area contributed by atoms with Gasteiger partial charge in [-0.2, -0.15) is 5.26 Å². The highest BCUT2D eigenvalue weighted by Gasteiger charge is 2.37. The number of amides is 1. The van der Waals surface area contributed by atoms with E-state index in [1.807, 2.05) is 42.5 Å². The highest BCUT2D eigenvalue weighted by molar-refractivity contribution is 6.02. The lowest BCUT2D eigenvalue weighted by Crippen LogP contribution is -2.44. The Morgan fingerprint density at radius 3 is 2.19 bits per heavy atom. The molecule has 1 heterocycles. The van der Waals surface area contributed by atoms with E-state index in [1.54, 1.807) is 30.3 Å². The molecule has 6 nitrogen and oxygen atoms in total. The molecule has 0 unspecified atom stereocenters. The number of aromatic carboxylic acids is 1. The Hall–Kier alpha value is -4.24. The summed E-state index contributed by atoms with van der Waals surface area (Å²) >= 11 is 0. The highest BCUT2D eigenvalue weighted by atomic mass is 16.4. The second-order valence-electron chi connectivity index (χ2n) is 9.63. The van der Waals surface area contributed by atoms with Gasteiger partial charge in [-0.3, -0.25) is 9.78 Å². The SMILES string of the molecule is N#CC(=Cc1cccc(C2CC2)n1)C(=O)NC1(c2ccc(-c3ccc(C(=O)O)cc3)cc2)CCCC1. The fraction of sp³-hybridized carbons (Fsp3) is 0.267. The monoisotopic (exact) mass is 477 g/mol. The Balaban J connectivity index is 1.37. The van der Waals surface area contributed by atoms with Crippen molar-refractivity contribution in [3.63, 3.8) is 0 Å². The van der Waals surface area contributed by atoms with E-state index in [2.05, 4.69) is 16.4 Å². The second kappa shape index (κ2) is 9.79. The van der Waals surface area contributed by atoms with Gasteiger partial charge in [-0.1, -0.05) is 55.3 Å². The van der Waals surface area contributed by atoms with E-state index < -0.39 is 11.5 Å². The van der Waals surface area contributed by atoms with E-state index in [-0.39, 0.29) is 17.0 Å². The normalized spacial score (nSPS) is 16.8. The molecule has 5 rings (SSSR count). The lowest BCUT2D eigenvalue weighted by molar-refractivity contribution is -0.119. The second-order valence-corrected chi connectivity index (χ2v) is 9.63. The summed E-state index contributed by atoms with van der Waals surface area (Å²) in [6.07, 6.45) is 7.46. The molecule has 0 spiro atoms. The molecule has 0 bridgehead atoms. The molecular formula is C30H27N3O3. The number of carbonyl (C=O) groups is 2. The molecule has 1 amide bonds. The number of pyridine rings is 1. The summed E-state index contributed by atoms with van der Waals surface area (Å²) in [5.74, 6) is -0.836.